The number of rotatable bonds is 4. The van der Waals surface area contributed by atoms with Gasteiger partial charge >= 0.3 is 6.18 Å². The number of amides is 1. The molecule has 1 aliphatic rings. The van der Waals surface area contributed by atoms with Crippen LogP contribution in [-0.2, 0) is 11.3 Å². The monoisotopic (exact) mass is 340 g/mol. The van der Waals surface area contributed by atoms with Crippen molar-refractivity contribution in [3.63, 3.8) is 0 Å². The van der Waals surface area contributed by atoms with Crippen LogP contribution in [0.15, 0.2) is 18.3 Å². The first-order valence-electron chi connectivity index (χ1n) is 7.99. The molecule has 2 aromatic rings. The molecule has 0 bridgehead atoms. The number of aromatic nitrogens is 3. The number of fused-ring (bicyclic) bond motifs is 1. The third kappa shape index (κ3) is 3.52. The summed E-state index contributed by atoms with van der Waals surface area (Å²) in [6.45, 7) is 0.353. The van der Waals surface area contributed by atoms with Crippen LogP contribution in [0.5, 0.6) is 0 Å². The van der Waals surface area contributed by atoms with Gasteiger partial charge in [0.15, 0.2) is 5.65 Å². The molecule has 2 heterocycles. The highest BCUT2D eigenvalue weighted by molar-refractivity contribution is 5.81. The van der Waals surface area contributed by atoms with Crippen LogP contribution in [-0.4, -0.2) is 44.3 Å². The molecule has 130 valence electrons. The molecule has 1 aliphatic carbocycles. The van der Waals surface area contributed by atoms with Gasteiger partial charge in [0.25, 0.3) is 0 Å². The minimum Gasteiger partial charge on any atom is -0.329 e. The van der Waals surface area contributed by atoms with E-state index >= 15 is 0 Å². The highest BCUT2D eigenvalue weighted by Crippen LogP contribution is 2.27. The van der Waals surface area contributed by atoms with Crippen molar-refractivity contribution in [3.05, 3.63) is 24.0 Å². The van der Waals surface area contributed by atoms with Crippen molar-refractivity contribution in [2.75, 3.05) is 6.54 Å². The number of halogens is 3. The lowest BCUT2D eigenvalue weighted by atomic mass is 10.2. The molecule has 3 rings (SSSR count). The maximum Gasteiger partial charge on any atom is 0.406 e. The molecule has 1 amide bonds. The Labute approximate surface area is 137 Å². The summed E-state index contributed by atoms with van der Waals surface area (Å²) in [5.74, 6) is -0.561. The van der Waals surface area contributed by atoms with E-state index < -0.39 is 18.6 Å². The lowest BCUT2D eigenvalue weighted by Crippen LogP contribution is -2.46. The molecule has 1 fully saturated rings. The second kappa shape index (κ2) is 6.41. The number of pyridine rings is 1. The molecule has 0 saturated heterocycles. The summed E-state index contributed by atoms with van der Waals surface area (Å²) in [6, 6.07) is 3.25. The second-order valence-corrected chi connectivity index (χ2v) is 6.19. The van der Waals surface area contributed by atoms with E-state index in [4.69, 9.17) is 0 Å². The number of nitrogens with zero attached hydrogens (tertiary/aromatic N) is 4. The van der Waals surface area contributed by atoms with Gasteiger partial charge in [-0.15, -0.1) is 0 Å². The molecule has 0 spiro atoms. The molecular formula is C16H19F3N4O. The van der Waals surface area contributed by atoms with E-state index in [1.54, 1.807) is 19.2 Å². The topological polar surface area (TPSA) is 51.0 Å². The molecule has 0 aromatic carbocycles. The van der Waals surface area contributed by atoms with Crippen LogP contribution < -0.4 is 0 Å². The summed E-state index contributed by atoms with van der Waals surface area (Å²) in [4.78, 5) is 17.7. The highest BCUT2D eigenvalue weighted by atomic mass is 19.4. The average Bonchev–Trinajstić information content (AvgIpc) is 3.14. The van der Waals surface area contributed by atoms with E-state index in [0.29, 0.717) is 24.2 Å². The largest absolute Gasteiger partial charge is 0.406 e. The van der Waals surface area contributed by atoms with Gasteiger partial charge in [0, 0.05) is 17.6 Å². The zero-order valence-electron chi connectivity index (χ0n) is 13.4. The molecule has 1 saturated carbocycles. The van der Waals surface area contributed by atoms with Crippen molar-refractivity contribution in [3.8, 4) is 0 Å². The predicted octanol–water partition coefficient (Wildman–Crippen LogP) is 3.07. The Morgan fingerprint density at radius 2 is 2.08 bits per heavy atom. The van der Waals surface area contributed by atoms with Crippen molar-refractivity contribution in [2.45, 2.75) is 51.4 Å². The fourth-order valence-corrected chi connectivity index (χ4v) is 3.33. The van der Waals surface area contributed by atoms with Crippen molar-refractivity contribution in [2.24, 2.45) is 0 Å². The molecule has 0 aliphatic heterocycles. The summed E-state index contributed by atoms with van der Waals surface area (Å²) in [5.41, 5.74) is 1.22. The highest BCUT2D eigenvalue weighted by Gasteiger charge is 2.37. The van der Waals surface area contributed by atoms with Gasteiger partial charge in [-0.25, -0.2) is 9.67 Å². The smallest absolute Gasteiger partial charge is 0.329 e. The molecule has 2 aromatic heterocycles. The van der Waals surface area contributed by atoms with Crippen LogP contribution in [0.4, 0.5) is 13.2 Å². The average molecular weight is 340 g/mol. The minimum atomic E-state index is -4.40. The molecule has 8 heteroatoms. The molecule has 5 nitrogen and oxygen atoms in total. The Morgan fingerprint density at radius 3 is 2.75 bits per heavy atom. The fraction of sp³-hybridized carbons (Fsp3) is 0.562. The van der Waals surface area contributed by atoms with E-state index in [9.17, 15) is 18.0 Å². The Hall–Kier alpha value is -2.12. The first kappa shape index (κ1) is 16.7. The number of hydrogen-bond donors (Lipinski definition) is 0. The van der Waals surface area contributed by atoms with Gasteiger partial charge in [-0.05, 0) is 31.9 Å². The van der Waals surface area contributed by atoms with Crippen LogP contribution in [0.1, 0.15) is 31.4 Å². The van der Waals surface area contributed by atoms with Crippen molar-refractivity contribution in [1.29, 1.82) is 0 Å². The van der Waals surface area contributed by atoms with E-state index in [1.165, 1.54) is 4.68 Å². The minimum absolute atomic E-state index is 0.228. The van der Waals surface area contributed by atoms with Crippen molar-refractivity contribution < 1.29 is 18.0 Å². The third-order valence-corrected chi connectivity index (χ3v) is 4.41. The van der Waals surface area contributed by atoms with Crippen molar-refractivity contribution >= 4 is 16.9 Å². The zero-order chi connectivity index (χ0) is 17.3. The Balaban J connectivity index is 1.84. The Morgan fingerprint density at radius 1 is 1.38 bits per heavy atom. The standard InChI is InChI=1S/C16H19F3N4O/c1-11-13-7-4-8-20-15(13)23(21-11)9-14(24)22(10-16(17,18)19)12-5-2-3-6-12/h4,7-8,12H,2-3,5-6,9-10H2,1H3. The maximum absolute atomic E-state index is 12.9. The van der Waals surface area contributed by atoms with Gasteiger partial charge in [-0.2, -0.15) is 18.3 Å². The Bertz CT molecular complexity index is 734. The van der Waals surface area contributed by atoms with E-state index in [1.807, 2.05) is 6.07 Å². The lowest BCUT2D eigenvalue weighted by Gasteiger charge is -2.29. The SMILES string of the molecule is Cc1nn(CC(=O)N(CC(F)(F)F)C2CCCC2)c2ncccc12. The van der Waals surface area contributed by atoms with Gasteiger partial charge in [0.2, 0.25) is 5.91 Å². The third-order valence-electron chi connectivity index (χ3n) is 4.41. The van der Waals surface area contributed by atoms with Crippen LogP contribution in [0.3, 0.4) is 0 Å². The summed E-state index contributed by atoms with van der Waals surface area (Å²) in [5, 5.41) is 5.06. The molecule has 0 N–H and O–H groups in total. The summed E-state index contributed by atoms with van der Waals surface area (Å²) in [7, 11) is 0. The molecular weight excluding hydrogens is 321 g/mol. The number of hydrogen-bond acceptors (Lipinski definition) is 3. The number of aryl methyl sites for hydroxylation is 1. The number of alkyl halides is 3. The number of carbonyl (C=O) groups excluding carboxylic acids is 1. The van der Waals surface area contributed by atoms with Crippen LogP contribution in [0.2, 0.25) is 0 Å². The molecule has 24 heavy (non-hydrogen) atoms. The quantitative estimate of drug-likeness (QED) is 0.859. The summed E-state index contributed by atoms with van der Waals surface area (Å²) < 4.78 is 40.1. The zero-order valence-corrected chi connectivity index (χ0v) is 13.4. The first-order chi connectivity index (χ1) is 11.3. The second-order valence-electron chi connectivity index (χ2n) is 6.19. The Kier molecular flexibility index (Phi) is 4.47. The van der Waals surface area contributed by atoms with Gasteiger partial charge in [-0.3, -0.25) is 4.79 Å². The molecule has 0 radical (unpaired) electrons. The van der Waals surface area contributed by atoms with E-state index in [-0.39, 0.29) is 12.6 Å². The summed E-state index contributed by atoms with van der Waals surface area (Å²) in [6.07, 6.45) is 0.140. The number of carbonyl (C=O) groups is 1. The van der Waals surface area contributed by atoms with Crippen LogP contribution >= 0.6 is 0 Å². The lowest BCUT2D eigenvalue weighted by molar-refractivity contribution is -0.166. The predicted molar refractivity (Wildman–Crippen MR) is 82.3 cm³/mol. The normalized spacial score (nSPS) is 16.0. The first-order valence-corrected chi connectivity index (χ1v) is 7.99. The van der Waals surface area contributed by atoms with Gasteiger partial charge in [0.05, 0.1) is 5.69 Å². The maximum atomic E-state index is 12.9. The molecule has 0 atom stereocenters. The molecule has 0 unspecified atom stereocenters. The van der Waals surface area contributed by atoms with Crippen LogP contribution in [0.25, 0.3) is 11.0 Å². The van der Waals surface area contributed by atoms with Crippen LogP contribution in [0, 0.1) is 6.92 Å². The van der Waals surface area contributed by atoms with Gasteiger partial charge < -0.3 is 4.90 Å². The fourth-order valence-electron chi connectivity index (χ4n) is 3.33. The van der Waals surface area contributed by atoms with Crippen molar-refractivity contribution in [1.82, 2.24) is 19.7 Å². The summed E-state index contributed by atoms with van der Waals surface area (Å²) >= 11 is 0. The van der Waals surface area contributed by atoms with E-state index in [2.05, 4.69) is 10.1 Å². The van der Waals surface area contributed by atoms with Gasteiger partial charge in [-0.1, -0.05) is 12.8 Å². The van der Waals surface area contributed by atoms with E-state index in [0.717, 1.165) is 23.1 Å². The van der Waals surface area contributed by atoms with Gasteiger partial charge in [0.1, 0.15) is 13.1 Å².